The number of benzene rings is 1. The molecule has 0 unspecified atom stereocenters. The third-order valence-corrected chi connectivity index (χ3v) is 4.87. The SMILES string of the molecule is COc1ccc(OC)c(CC(=O)N2CCC(n3cc(C(=O)O)cn3)CC2)c1. The number of aromatic carboxylic acids is 1. The second-order valence-corrected chi connectivity index (χ2v) is 6.48. The highest BCUT2D eigenvalue weighted by Gasteiger charge is 2.25. The van der Waals surface area contributed by atoms with Gasteiger partial charge in [-0.25, -0.2) is 4.79 Å². The predicted molar refractivity (Wildman–Crippen MR) is 97.3 cm³/mol. The second kappa shape index (κ2) is 8.11. The molecule has 1 amide bonds. The van der Waals surface area contributed by atoms with Crippen LogP contribution in [0.15, 0.2) is 30.6 Å². The summed E-state index contributed by atoms with van der Waals surface area (Å²) >= 11 is 0. The lowest BCUT2D eigenvalue weighted by molar-refractivity contribution is -0.131. The molecule has 27 heavy (non-hydrogen) atoms. The van der Waals surface area contributed by atoms with Gasteiger partial charge in [-0.3, -0.25) is 9.48 Å². The number of hydrogen-bond acceptors (Lipinski definition) is 5. The van der Waals surface area contributed by atoms with E-state index >= 15 is 0 Å². The van der Waals surface area contributed by atoms with E-state index in [2.05, 4.69) is 5.10 Å². The minimum absolute atomic E-state index is 0.0340. The summed E-state index contributed by atoms with van der Waals surface area (Å²) in [4.78, 5) is 25.5. The lowest BCUT2D eigenvalue weighted by Crippen LogP contribution is -2.40. The van der Waals surface area contributed by atoms with Gasteiger partial charge in [0.1, 0.15) is 11.5 Å². The molecule has 0 atom stereocenters. The van der Waals surface area contributed by atoms with Crippen LogP contribution in [0.1, 0.15) is 34.8 Å². The maximum Gasteiger partial charge on any atom is 0.338 e. The maximum atomic E-state index is 12.7. The Morgan fingerprint density at radius 1 is 1.22 bits per heavy atom. The van der Waals surface area contributed by atoms with E-state index in [1.54, 1.807) is 37.2 Å². The maximum absolute atomic E-state index is 12.7. The first-order valence-electron chi connectivity index (χ1n) is 8.78. The number of rotatable bonds is 6. The number of nitrogens with zero attached hydrogens (tertiary/aromatic N) is 3. The smallest absolute Gasteiger partial charge is 0.338 e. The van der Waals surface area contributed by atoms with Gasteiger partial charge >= 0.3 is 5.97 Å². The van der Waals surface area contributed by atoms with Crippen molar-refractivity contribution >= 4 is 11.9 Å². The van der Waals surface area contributed by atoms with Gasteiger partial charge in [-0.05, 0) is 31.0 Å². The number of piperidine rings is 1. The summed E-state index contributed by atoms with van der Waals surface area (Å²) in [5.41, 5.74) is 0.973. The molecule has 1 saturated heterocycles. The lowest BCUT2D eigenvalue weighted by atomic mass is 10.0. The first-order valence-corrected chi connectivity index (χ1v) is 8.78. The third kappa shape index (κ3) is 4.21. The van der Waals surface area contributed by atoms with Crippen molar-refractivity contribution in [2.75, 3.05) is 27.3 Å². The highest BCUT2D eigenvalue weighted by atomic mass is 16.5. The van der Waals surface area contributed by atoms with Gasteiger partial charge in [0.2, 0.25) is 5.91 Å². The van der Waals surface area contributed by atoms with Crippen LogP contribution >= 0.6 is 0 Å². The van der Waals surface area contributed by atoms with Crippen LogP contribution in [0.25, 0.3) is 0 Å². The van der Waals surface area contributed by atoms with Crippen molar-refractivity contribution in [1.82, 2.24) is 14.7 Å². The van der Waals surface area contributed by atoms with Crippen molar-refractivity contribution in [2.24, 2.45) is 0 Å². The zero-order chi connectivity index (χ0) is 19.4. The van der Waals surface area contributed by atoms with Crippen molar-refractivity contribution in [1.29, 1.82) is 0 Å². The molecule has 0 bridgehead atoms. The average molecular weight is 373 g/mol. The normalized spacial score (nSPS) is 14.8. The number of methoxy groups -OCH3 is 2. The Balaban J connectivity index is 1.61. The van der Waals surface area contributed by atoms with E-state index in [1.165, 1.54) is 6.20 Å². The average Bonchev–Trinajstić information content (AvgIpc) is 3.18. The van der Waals surface area contributed by atoms with Crippen molar-refractivity contribution in [3.63, 3.8) is 0 Å². The van der Waals surface area contributed by atoms with Crippen LogP contribution in [0, 0.1) is 0 Å². The molecule has 0 radical (unpaired) electrons. The van der Waals surface area contributed by atoms with Crippen LogP contribution in [0.2, 0.25) is 0 Å². The van der Waals surface area contributed by atoms with Crippen LogP contribution < -0.4 is 9.47 Å². The summed E-state index contributed by atoms with van der Waals surface area (Å²) in [5.74, 6) is 0.398. The van der Waals surface area contributed by atoms with Crippen molar-refractivity contribution < 1.29 is 24.2 Å². The molecule has 1 fully saturated rings. The summed E-state index contributed by atoms with van der Waals surface area (Å²) in [6.07, 6.45) is 4.62. The van der Waals surface area contributed by atoms with Crippen LogP contribution in [0.5, 0.6) is 11.5 Å². The number of hydrogen-bond donors (Lipinski definition) is 1. The molecule has 1 aliphatic rings. The predicted octanol–water partition coefficient (Wildman–Crippen LogP) is 2.00. The Labute approximate surface area is 157 Å². The van der Waals surface area contributed by atoms with Gasteiger partial charge in [0.25, 0.3) is 0 Å². The zero-order valence-electron chi connectivity index (χ0n) is 15.4. The Morgan fingerprint density at radius 2 is 1.96 bits per heavy atom. The number of aromatic nitrogens is 2. The minimum atomic E-state index is -0.985. The number of likely N-dealkylation sites (tertiary alicyclic amines) is 1. The van der Waals surface area contributed by atoms with E-state index in [0.717, 1.165) is 18.4 Å². The fraction of sp³-hybridized carbons (Fsp3) is 0.421. The number of carboxylic acids is 1. The van der Waals surface area contributed by atoms with Gasteiger partial charge in [-0.2, -0.15) is 5.10 Å². The molecule has 0 aliphatic carbocycles. The van der Waals surface area contributed by atoms with Gasteiger partial charge in [-0.15, -0.1) is 0 Å². The fourth-order valence-electron chi connectivity index (χ4n) is 3.32. The largest absolute Gasteiger partial charge is 0.497 e. The van der Waals surface area contributed by atoms with E-state index in [1.807, 2.05) is 11.0 Å². The monoisotopic (exact) mass is 373 g/mol. The number of carbonyl (C=O) groups is 2. The molecule has 1 aromatic carbocycles. The number of carboxylic acid groups (broad SMARTS) is 1. The standard InChI is InChI=1S/C19H23N3O5/c1-26-16-3-4-17(27-2)13(9-16)10-18(23)21-7-5-15(6-8-21)22-12-14(11-20-22)19(24)25/h3-4,9,11-12,15H,5-8,10H2,1-2H3,(H,24,25). The van der Waals surface area contributed by atoms with E-state index < -0.39 is 5.97 Å². The topological polar surface area (TPSA) is 93.9 Å². The van der Waals surface area contributed by atoms with E-state index in [9.17, 15) is 9.59 Å². The van der Waals surface area contributed by atoms with E-state index in [4.69, 9.17) is 14.6 Å². The van der Waals surface area contributed by atoms with E-state index in [0.29, 0.717) is 24.6 Å². The van der Waals surface area contributed by atoms with Gasteiger partial charge in [-0.1, -0.05) is 0 Å². The molecular formula is C19H23N3O5. The molecule has 8 heteroatoms. The van der Waals surface area contributed by atoms with Gasteiger partial charge in [0.15, 0.2) is 0 Å². The second-order valence-electron chi connectivity index (χ2n) is 6.48. The highest BCUT2D eigenvalue weighted by molar-refractivity contribution is 5.86. The Bertz CT molecular complexity index is 825. The first kappa shape index (κ1) is 18.8. The Morgan fingerprint density at radius 3 is 2.56 bits per heavy atom. The highest BCUT2D eigenvalue weighted by Crippen LogP contribution is 2.27. The molecule has 144 valence electrons. The molecule has 8 nitrogen and oxygen atoms in total. The molecule has 1 aliphatic heterocycles. The van der Waals surface area contributed by atoms with Crippen LogP contribution in [0.3, 0.4) is 0 Å². The first-order chi connectivity index (χ1) is 13.0. The summed E-state index contributed by atoms with van der Waals surface area (Å²) in [7, 11) is 3.17. The van der Waals surface area contributed by atoms with Crippen molar-refractivity contribution in [3.05, 3.63) is 41.7 Å². The van der Waals surface area contributed by atoms with Gasteiger partial charge in [0.05, 0.1) is 38.4 Å². The molecule has 0 spiro atoms. The van der Waals surface area contributed by atoms with Crippen LogP contribution in [0.4, 0.5) is 0 Å². The van der Waals surface area contributed by atoms with Crippen LogP contribution in [-0.4, -0.2) is 59.0 Å². The summed E-state index contributed by atoms with van der Waals surface area (Å²) < 4.78 is 12.3. The van der Waals surface area contributed by atoms with Crippen molar-refractivity contribution in [2.45, 2.75) is 25.3 Å². The summed E-state index contributed by atoms with van der Waals surface area (Å²) in [6, 6.07) is 5.52. The van der Waals surface area contributed by atoms with Gasteiger partial charge in [0, 0.05) is 24.8 Å². The quantitative estimate of drug-likeness (QED) is 0.832. The molecule has 1 N–H and O–H groups in total. The molecule has 2 aromatic rings. The molecule has 1 aromatic heterocycles. The summed E-state index contributed by atoms with van der Waals surface area (Å²) in [5, 5.41) is 13.1. The number of ether oxygens (including phenoxy) is 2. The molecule has 2 heterocycles. The minimum Gasteiger partial charge on any atom is -0.497 e. The Kier molecular flexibility index (Phi) is 5.63. The fourth-order valence-corrected chi connectivity index (χ4v) is 3.32. The molecule has 0 saturated carbocycles. The molecule has 3 rings (SSSR count). The van der Waals surface area contributed by atoms with Crippen molar-refractivity contribution in [3.8, 4) is 11.5 Å². The van der Waals surface area contributed by atoms with Gasteiger partial charge < -0.3 is 19.5 Å². The Hall–Kier alpha value is -3.03. The molecular weight excluding hydrogens is 350 g/mol. The summed E-state index contributed by atoms with van der Waals surface area (Å²) in [6.45, 7) is 1.22. The lowest BCUT2D eigenvalue weighted by Gasteiger charge is -2.32. The zero-order valence-corrected chi connectivity index (χ0v) is 15.4. The number of carbonyl (C=O) groups excluding carboxylic acids is 1. The third-order valence-electron chi connectivity index (χ3n) is 4.87. The number of amides is 1. The van der Waals surface area contributed by atoms with E-state index in [-0.39, 0.29) is 23.9 Å². The van der Waals surface area contributed by atoms with Crippen LogP contribution in [-0.2, 0) is 11.2 Å².